The molecule has 2 aromatic carbocycles. The second-order valence-electron chi connectivity index (χ2n) is 10.7. The smallest absolute Gasteiger partial charge is 0.388 e. The molecule has 0 amide bonds. The zero-order valence-electron chi connectivity index (χ0n) is 24.2. The third kappa shape index (κ3) is 12.5. The van der Waals surface area contributed by atoms with E-state index >= 15 is 0 Å². The van der Waals surface area contributed by atoms with Gasteiger partial charge in [-0.2, -0.15) is 13.2 Å². The van der Waals surface area contributed by atoms with E-state index in [1.54, 1.807) is 60.7 Å². The quantitative estimate of drug-likeness (QED) is 0.0758. The molecule has 0 aromatic heterocycles. The molecule has 41 heavy (non-hydrogen) atoms. The van der Waals surface area contributed by atoms with Crippen molar-refractivity contribution in [2.75, 3.05) is 13.2 Å². The number of unbranched alkanes of at least 4 members (excludes halogenated alkanes) is 13. The Balaban J connectivity index is 1.92. The lowest BCUT2D eigenvalue weighted by Crippen LogP contribution is -2.65. The maximum Gasteiger partial charge on any atom is 0.425 e. The van der Waals surface area contributed by atoms with Gasteiger partial charge in [-0.05, 0) is 16.8 Å². The predicted molar refractivity (Wildman–Crippen MR) is 156 cm³/mol. The maximum atomic E-state index is 14.3. The van der Waals surface area contributed by atoms with Gasteiger partial charge >= 0.3 is 20.7 Å². The first kappa shape index (κ1) is 35.4. The van der Waals surface area contributed by atoms with Crippen molar-refractivity contribution < 1.29 is 35.2 Å². The van der Waals surface area contributed by atoms with Crippen LogP contribution in [0.3, 0.4) is 0 Å². The summed E-state index contributed by atoms with van der Waals surface area (Å²) >= 11 is 0. The third-order valence-corrected chi connectivity index (χ3v) is 10.6. The van der Waals surface area contributed by atoms with E-state index in [9.17, 15) is 26.3 Å². The summed E-state index contributed by atoms with van der Waals surface area (Å²) in [7, 11) is -3.88. The van der Waals surface area contributed by atoms with Gasteiger partial charge in [-0.3, -0.25) is 0 Å². The number of hydrogen-bond donors (Lipinski definition) is 0. The van der Waals surface area contributed by atoms with Crippen LogP contribution >= 0.6 is 0 Å². The standard InChI is InChI=1S/C32H46F6O2Si/c1-2-3-4-5-6-7-8-9-10-11-12-13-14-21-26-39-41(28-22-17-15-18-23-28,29-24-19-16-20-25-29)40-27-31(34,35)30(33)32(36,37)38/h15-20,22-25,30H,2-14,21,26-27H2,1H3. The molecule has 0 N–H and O–H groups in total. The Kier molecular flexibility index (Phi) is 16.1. The topological polar surface area (TPSA) is 18.5 Å². The number of hydrogen-bond acceptors (Lipinski definition) is 2. The van der Waals surface area contributed by atoms with Gasteiger partial charge in [0, 0.05) is 6.61 Å². The zero-order valence-corrected chi connectivity index (χ0v) is 25.2. The van der Waals surface area contributed by atoms with E-state index < -0.39 is 33.4 Å². The molecule has 2 aromatic rings. The maximum absolute atomic E-state index is 14.3. The van der Waals surface area contributed by atoms with Gasteiger partial charge in [-0.25, -0.2) is 13.2 Å². The molecule has 0 aliphatic heterocycles. The second kappa shape index (κ2) is 18.6. The van der Waals surface area contributed by atoms with E-state index in [2.05, 4.69) is 6.92 Å². The molecule has 0 bridgehead atoms. The normalized spacial score (nSPS) is 13.4. The average molecular weight is 605 g/mol. The van der Waals surface area contributed by atoms with Gasteiger partial charge in [-0.15, -0.1) is 0 Å². The lowest BCUT2D eigenvalue weighted by molar-refractivity contribution is -0.251. The number of halogens is 6. The van der Waals surface area contributed by atoms with Crippen molar-refractivity contribution in [1.29, 1.82) is 0 Å². The van der Waals surface area contributed by atoms with Gasteiger partial charge in [0.15, 0.2) is 0 Å². The summed E-state index contributed by atoms with van der Waals surface area (Å²) in [5.41, 5.74) is 0. The molecule has 232 valence electrons. The largest absolute Gasteiger partial charge is 0.425 e. The molecular weight excluding hydrogens is 558 g/mol. The van der Waals surface area contributed by atoms with Crippen molar-refractivity contribution in [2.24, 2.45) is 0 Å². The minimum atomic E-state index is -5.70. The van der Waals surface area contributed by atoms with Crippen molar-refractivity contribution >= 4 is 18.9 Å². The van der Waals surface area contributed by atoms with Crippen LogP contribution in [-0.4, -0.2) is 40.0 Å². The van der Waals surface area contributed by atoms with Crippen LogP contribution in [0, 0.1) is 0 Å². The van der Waals surface area contributed by atoms with Gasteiger partial charge in [-0.1, -0.05) is 151 Å². The lowest BCUT2D eigenvalue weighted by Gasteiger charge is -2.34. The molecule has 0 aliphatic rings. The number of benzene rings is 2. The van der Waals surface area contributed by atoms with Crippen molar-refractivity contribution in [3.05, 3.63) is 60.7 Å². The summed E-state index contributed by atoms with van der Waals surface area (Å²) in [5.74, 6) is -4.77. The number of alkyl halides is 6. The summed E-state index contributed by atoms with van der Waals surface area (Å²) in [6.07, 6.45) is 6.48. The zero-order chi connectivity index (χ0) is 30.0. The highest BCUT2D eigenvalue weighted by Crippen LogP contribution is 2.35. The Labute approximate surface area is 243 Å². The monoisotopic (exact) mass is 604 g/mol. The Morgan fingerprint density at radius 2 is 0.976 bits per heavy atom. The van der Waals surface area contributed by atoms with E-state index in [1.807, 2.05) is 0 Å². The SMILES string of the molecule is CCCCCCCCCCCCCCCCO[Si](OCC(F)(F)C(F)C(F)(F)F)(c1ccccc1)c1ccccc1. The van der Waals surface area contributed by atoms with Gasteiger partial charge < -0.3 is 8.85 Å². The van der Waals surface area contributed by atoms with E-state index in [-0.39, 0.29) is 6.61 Å². The fourth-order valence-electron chi connectivity index (χ4n) is 4.88. The number of rotatable bonds is 22. The molecule has 0 heterocycles. The van der Waals surface area contributed by atoms with Crippen LogP contribution in [0.1, 0.15) is 96.8 Å². The van der Waals surface area contributed by atoms with Crippen LogP contribution in [0.25, 0.3) is 0 Å². The summed E-state index contributed by atoms with van der Waals surface area (Å²) in [6.45, 7) is 0.672. The first-order valence-electron chi connectivity index (χ1n) is 15.1. The Hall–Kier alpha value is -1.84. The van der Waals surface area contributed by atoms with Crippen LogP contribution in [0.2, 0.25) is 0 Å². The summed E-state index contributed by atoms with van der Waals surface area (Å²) in [5, 5.41) is 0.935. The minimum absolute atomic E-state index is 0.192. The highest BCUT2D eigenvalue weighted by Gasteiger charge is 2.58. The molecule has 0 saturated heterocycles. The molecule has 1 atom stereocenters. The average Bonchev–Trinajstić information content (AvgIpc) is 2.97. The van der Waals surface area contributed by atoms with Crippen LogP contribution in [0.15, 0.2) is 60.7 Å². The first-order chi connectivity index (χ1) is 19.6. The Morgan fingerprint density at radius 1 is 0.585 bits per heavy atom. The van der Waals surface area contributed by atoms with E-state index in [0.29, 0.717) is 16.8 Å². The Bertz CT molecular complexity index is 887. The van der Waals surface area contributed by atoms with E-state index in [4.69, 9.17) is 8.85 Å². The molecule has 0 radical (unpaired) electrons. The van der Waals surface area contributed by atoms with Crippen LogP contribution in [0.4, 0.5) is 26.3 Å². The van der Waals surface area contributed by atoms with Crippen LogP contribution in [-0.2, 0) is 8.85 Å². The summed E-state index contributed by atoms with van der Waals surface area (Å²) in [6, 6.07) is 16.8. The highest BCUT2D eigenvalue weighted by molar-refractivity contribution is 6.92. The van der Waals surface area contributed by atoms with Gasteiger partial charge in [0.1, 0.15) is 6.61 Å². The fraction of sp³-hybridized carbons (Fsp3) is 0.625. The molecule has 0 aliphatic carbocycles. The van der Waals surface area contributed by atoms with Crippen molar-refractivity contribution in [1.82, 2.24) is 0 Å². The van der Waals surface area contributed by atoms with Crippen LogP contribution in [0.5, 0.6) is 0 Å². The third-order valence-electron chi connectivity index (χ3n) is 7.24. The molecule has 2 rings (SSSR count). The van der Waals surface area contributed by atoms with Gasteiger partial charge in [0.05, 0.1) is 0 Å². The van der Waals surface area contributed by atoms with Crippen molar-refractivity contribution in [2.45, 2.75) is 115 Å². The summed E-state index contributed by atoms with van der Waals surface area (Å²) in [4.78, 5) is 0. The van der Waals surface area contributed by atoms with Crippen molar-refractivity contribution in [3.63, 3.8) is 0 Å². The lowest BCUT2D eigenvalue weighted by atomic mass is 10.0. The first-order valence-corrected chi connectivity index (χ1v) is 16.9. The second-order valence-corrected chi connectivity index (χ2v) is 13.7. The molecule has 0 fully saturated rings. The molecule has 9 heteroatoms. The molecule has 2 nitrogen and oxygen atoms in total. The molecule has 1 unspecified atom stereocenters. The predicted octanol–water partition coefficient (Wildman–Crippen LogP) is 9.29. The van der Waals surface area contributed by atoms with Crippen LogP contribution < -0.4 is 10.4 Å². The van der Waals surface area contributed by atoms with E-state index in [1.165, 1.54) is 64.2 Å². The molecule has 0 saturated carbocycles. The van der Waals surface area contributed by atoms with E-state index in [0.717, 1.165) is 19.3 Å². The fourth-order valence-corrected chi connectivity index (χ4v) is 8.05. The Morgan fingerprint density at radius 3 is 1.37 bits per heavy atom. The highest BCUT2D eigenvalue weighted by atomic mass is 28.4. The molecule has 0 spiro atoms. The van der Waals surface area contributed by atoms with Gasteiger partial charge in [0.25, 0.3) is 6.17 Å². The van der Waals surface area contributed by atoms with Crippen molar-refractivity contribution in [3.8, 4) is 0 Å². The minimum Gasteiger partial charge on any atom is -0.388 e. The summed E-state index contributed by atoms with van der Waals surface area (Å²) < 4.78 is 92.6. The molecular formula is C32H46F6O2Si. The van der Waals surface area contributed by atoms with Gasteiger partial charge in [0.2, 0.25) is 0 Å².